The standard InChI is InChI=1S/C19H21N7/c1-15-6-2-3-7-16(15)22-17-14-21-24-19(23-17)26-12-10-25(11-13-26)18-8-4-5-9-20-18/h2-9,14H,10-13H2,1H3,(H,22,23,24). The molecule has 0 bridgehead atoms. The number of benzene rings is 1. The van der Waals surface area contributed by atoms with Gasteiger partial charge in [-0.05, 0) is 30.7 Å². The van der Waals surface area contributed by atoms with Crippen LogP contribution in [0.15, 0.2) is 54.9 Å². The van der Waals surface area contributed by atoms with E-state index in [9.17, 15) is 0 Å². The number of piperazine rings is 1. The summed E-state index contributed by atoms with van der Waals surface area (Å²) in [7, 11) is 0. The Kier molecular flexibility index (Phi) is 4.59. The lowest BCUT2D eigenvalue weighted by atomic mass is 10.2. The van der Waals surface area contributed by atoms with E-state index in [4.69, 9.17) is 0 Å². The Balaban J connectivity index is 1.44. The summed E-state index contributed by atoms with van der Waals surface area (Å²) in [6.45, 7) is 5.51. The molecule has 0 aliphatic carbocycles. The lowest BCUT2D eigenvalue weighted by Crippen LogP contribution is -2.47. The molecule has 1 N–H and O–H groups in total. The minimum absolute atomic E-state index is 0.657. The van der Waals surface area contributed by atoms with E-state index < -0.39 is 0 Å². The molecule has 7 heteroatoms. The maximum Gasteiger partial charge on any atom is 0.247 e. The van der Waals surface area contributed by atoms with Crippen LogP contribution in [-0.4, -0.2) is 46.3 Å². The number of nitrogens with zero attached hydrogens (tertiary/aromatic N) is 6. The van der Waals surface area contributed by atoms with E-state index in [0.717, 1.165) is 43.2 Å². The molecule has 7 nitrogen and oxygen atoms in total. The van der Waals surface area contributed by atoms with Gasteiger partial charge in [0.1, 0.15) is 5.82 Å². The fourth-order valence-corrected chi connectivity index (χ4v) is 3.02. The number of aromatic nitrogens is 4. The first-order chi connectivity index (χ1) is 12.8. The molecule has 4 rings (SSSR count). The van der Waals surface area contributed by atoms with E-state index in [1.54, 1.807) is 6.20 Å². The third-order valence-electron chi connectivity index (χ3n) is 4.49. The summed E-state index contributed by atoms with van der Waals surface area (Å²) in [6.07, 6.45) is 3.48. The lowest BCUT2D eigenvalue weighted by Gasteiger charge is -2.35. The van der Waals surface area contributed by atoms with Crippen molar-refractivity contribution in [1.82, 2.24) is 20.2 Å². The predicted molar refractivity (Wildman–Crippen MR) is 103 cm³/mol. The number of hydrogen-bond acceptors (Lipinski definition) is 7. The van der Waals surface area contributed by atoms with Crippen molar-refractivity contribution < 1.29 is 0 Å². The van der Waals surface area contributed by atoms with E-state index in [1.165, 1.54) is 0 Å². The summed E-state index contributed by atoms with van der Waals surface area (Å²) in [5, 5.41) is 11.7. The summed E-state index contributed by atoms with van der Waals surface area (Å²) in [5.41, 5.74) is 2.19. The fourth-order valence-electron chi connectivity index (χ4n) is 3.02. The number of nitrogens with one attached hydrogen (secondary N) is 1. The first kappa shape index (κ1) is 16.3. The van der Waals surface area contributed by atoms with Gasteiger partial charge in [0.2, 0.25) is 5.95 Å². The Hall–Kier alpha value is -3.22. The number of aryl methyl sites for hydroxylation is 1. The Bertz CT molecular complexity index is 861. The minimum atomic E-state index is 0.657. The Morgan fingerprint density at radius 1 is 0.923 bits per heavy atom. The van der Waals surface area contributed by atoms with Crippen molar-refractivity contribution in [1.29, 1.82) is 0 Å². The first-order valence-electron chi connectivity index (χ1n) is 8.73. The largest absolute Gasteiger partial charge is 0.353 e. The predicted octanol–water partition coefficient (Wildman–Crippen LogP) is 2.65. The second kappa shape index (κ2) is 7.35. The SMILES string of the molecule is Cc1ccccc1Nc1cnnc(N2CCN(c3ccccn3)CC2)n1. The molecule has 3 aromatic rings. The Morgan fingerprint density at radius 3 is 2.46 bits per heavy atom. The smallest absolute Gasteiger partial charge is 0.247 e. The molecule has 1 aliphatic rings. The second-order valence-electron chi connectivity index (χ2n) is 6.24. The fraction of sp³-hybridized carbons (Fsp3) is 0.263. The van der Waals surface area contributed by atoms with Gasteiger partial charge in [0.25, 0.3) is 0 Å². The van der Waals surface area contributed by atoms with Crippen molar-refractivity contribution in [3.05, 3.63) is 60.4 Å². The normalized spacial score (nSPS) is 14.3. The van der Waals surface area contributed by atoms with Crippen LogP contribution in [0.2, 0.25) is 0 Å². The van der Waals surface area contributed by atoms with Gasteiger partial charge in [0, 0.05) is 38.1 Å². The van der Waals surface area contributed by atoms with Crippen LogP contribution in [0.3, 0.4) is 0 Å². The summed E-state index contributed by atoms with van der Waals surface area (Å²) in [5.74, 6) is 2.38. The number of anilines is 4. The number of para-hydroxylation sites is 1. The number of rotatable bonds is 4. The molecule has 0 radical (unpaired) electrons. The molecular weight excluding hydrogens is 326 g/mol. The van der Waals surface area contributed by atoms with E-state index in [1.807, 2.05) is 42.6 Å². The molecule has 0 amide bonds. The molecule has 1 saturated heterocycles. The van der Waals surface area contributed by atoms with Crippen LogP contribution in [-0.2, 0) is 0 Å². The van der Waals surface area contributed by atoms with Gasteiger partial charge in [0.15, 0.2) is 5.82 Å². The van der Waals surface area contributed by atoms with Crippen LogP contribution in [0, 0.1) is 6.92 Å². The maximum absolute atomic E-state index is 4.64. The van der Waals surface area contributed by atoms with Crippen LogP contribution >= 0.6 is 0 Å². The van der Waals surface area contributed by atoms with E-state index in [0.29, 0.717) is 11.8 Å². The van der Waals surface area contributed by atoms with Gasteiger partial charge in [-0.15, -0.1) is 5.10 Å². The Morgan fingerprint density at radius 2 is 1.69 bits per heavy atom. The molecule has 1 aromatic carbocycles. The second-order valence-corrected chi connectivity index (χ2v) is 6.24. The molecular formula is C19H21N7. The highest BCUT2D eigenvalue weighted by Crippen LogP contribution is 2.20. The van der Waals surface area contributed by atoms with Crippen molar-refractivity contribution in [3.63, 3.8) is 0 Å². The average molecular weight is 347 g/mol. The van der Waals surface area contributed by atoms with Crippen LogP contribution in [0.25, 0.3) is 0 Å². The van der Waals surface area contributed by atoms with E-state index in [-0.39, 0.29) is 0 Å². The topological polar surface area (TPSA) is 70.1 Å². The molecule has 26 heavy (non-hydrogen) atoms. The molecule has 0 saturated carbocycles. The van der Waals surface area contributed by atoms with Gasteiger partial charge in [-0.2, -0.15) is 10.1 Å². The number of pyridine rings is 1. The van der Waals surface area contributed by atoms with Crippen molar-refractivity contribution in [3.8, 4) is 0 Å². The average Bonchev–Trinajstić information content (AvgIpc) is 2.71. The summed E-state index contributed by atoms with van der Waals surface area (Å²) in [6, 6.07) is 14.1. The third kappa shape index (κ3) is 3.56. The van der Waals surface area contributed by atoms with E-state index >= 15 is 0 Å². The van der Waals surface area contributed by atoms with Crippen molar-refractivity contribution in [2.75, 3.05) is 41.3 Å². The molecule has 132 valence electrons. The van der Waals surface area contributed by atoms with Gasteiger partial charge >= 0.3 is 0 Å². The molecule has 0 atom stereocenters. The van der Waals surface area contributed by atoms with Crippen molar-refractivity contribution >= 4 is 23.3 Å². The molecule has 0 spiro atoms. The van der Waals surface area contributed by atoms with Gasteiger partial charge in [-0.1, -0.05) is 24.3 Å². The van der Waals surface area contributed by atoms with Gasteiger partial charge in [-0.25, -0.2) is 4.98 Å². The van der Waals surface area contributed by atoms with Crippen LogP contribution in [0.4, 0.5) is 23.3 Å². The summed E-state index contributed by atoms with van der Waals surface area (Å²) in [4.78, 5) is 13.5. The maximum atomic E-state index is 4.64. The molecule has 3 heterocycles. The highest BCUT2D eigenvalue weighted by atomic mass is 15.4. The lowest BCUT2D eigenvalue weighted by molar-refractivity contribution is 0.630. The van der Waals surface area contributed by atoms with Gasteiger partial charge in [0.05, 0.1) is 6.20 Å². The van der Waals surface area contributed by atoms with Crippen LogP contribution in [0.1, 0.15) is 5.56 Å². The quantitative estimate of drug-likeness (QED) is 0.778. The van der Waals surface area contributed by atoms with Crippen molar-refractivity contribution in [2.24, 2.45) is 0 Å². The number of hydrogen-bond donors (Lipinski definition) is 1. The van der Waals surface area contributed by atoms with Crippen LogP contribution in [0.5, 0.6) is 0 Å². The van der Waals surface area contributed by atoms with E-state index in [2.05, 4.69) is 48.3 Å². The van der Waals surface area contributed by atoms with Gasteiger partial charge < -0.3 is 15.1 Å². The third-order valence-corrected chi connectivity index (χ3v) is 4.49. The monoisotopic (exact) mass is 347 g/mol. The summed E-state index contributed by atoms with van der Waals surface area (Å²) >= 11 is 0. The molecule has 0 unspecified atom stereocenters. The highest BCUT2D eigenvalue weighted by molar-refractivity contribution is 5.60. The highest BCUT2D eigenvalue weighted by Gasteiger charge is 2.20. The summed E-state index contributed by atoms with van der Waals surface area (Å²) < 4.78 is 0. The first-order valence-corrected chi connectivity index (χ1v) is 8.73. The Labute approximate surface area is 152 Å². The minimum Gasteiger partial charge on any atom is -0.353 e. The zero-order valence-electron chi connectivity index (χ0n) is 14.7. The van der Waals surface area contributed by atoms with Gasteiger partial charge in [-0.3, -0.25) is 0 Å². The zero-order chi connectivity index (χ0) is 17.8. The molecule has 2 aromatic heterocycles. The van der Waals surface area contributed by atoms with Crippen LogP contribution < -0.4 is 15.1 Å². The zero-order valence-corrected chi connectivity index (χ0v) is 14.7. The van der Waals surface area contributed by atoms with Crippen molar-refractivity contribution in [2.45, 2.75) is 6.92 Å². The molecule has 1 fully saturated rings. The molecule has 1 aliphatic heterocycles.